The molecule has 2 heteroatoms. The van der Waals surface area contributed by atoms with E-state index < -0.39 is 5.60 Å². The monoisotopic (exact) mass is 196 g/mol. The summed E-state index contributed by atoms with van der Waals surface area (Å²) in [6, 6.07) is 0. The lowest BCUT2D eigenvalue weighted by atomic mass is 9.97. The maximum atomic E-state index is 10.8. The summed E-state index contributed by atoms with van der Waals surface area (Å²) in [6.45, 7) is 12.8. The molecule has 0 bridgehead atoms. The molecule has 0 saturated carbocycles. The first-order chi connectivity index (χ1) is 6.39. The number of rotatable bonds is 6. The molecule has 0 saturated heterocycles. The summed E-state index contributed by atoms with van der Waals surface area (Å²) in [4.78, 5) is 10.8. The molecule has 0 N–H and O–H groups in total. The predicted molar refractivity (Wildman–Crippen MR) is 59.0 cm³/mol. The molecule has 0 radical (unpaired) electrons. The zero-order valence-corrected chi connectivity index (χ0v) is 9.43. The van der Waals surface area contributed by atoms with Crippen LogP contribution in [0.25, 0.3) is 0 Å². The van der Waals surface area contributed by atoms with Crippen LogP contribution in [0, 0.1) is 0 Å². The van der Waals surface area contributed by atoms with Crippen LogP contribution in [0.3, 0.4) is 0 Å². The molecule has 0 aromatic rings. The normalized spacial score (nSPS) is 14.2. The van der Waals surface area contributed by atoms with Crippen molar-refractivity contribution in [2.45, 2.75) is 45.6 Å². The first-order valence-corrected chi connectivity index (χ1v) is 4.87. The van der Waals surface area contributed by atoms with E-state index in [2.05, 4.69) is 13.2 Å². The fraction of sp³-hybridized carbons (Fsp3) is 0.583. The van der Waals surface area contributed by atoms with Crippen molar-refractivity contribution in [3.8, 4) is 0 Å². The summed E-state index contributed by atoms with van der Waals surface area (Å²) in [6.07, 6.45) is 4.41. The average Bonchev–Trinajstić information content (AvgIpc) is 2.02. The van der Waals surface area contributed by atoms with E-state index in [1.54, 1.807) is 6.08 Å². The number of ether oxygens (including phenoxy) is 1. The van der Waals surface area contributed by atoms with E-state index in [0.717, 1.165) is 24.8 Å². The Bertz CT molecular complexity index is 230. The Labute approximate surface area is 86.6 Å². The number of allylic oxidation sites excluding steroid dienone is 1. The summed E-state index contributed by atoms with van der Waals surface area (Å²) >= 11 is 0. The molecular formula is C12H20O2. The summed E-state index contributed by atoms with van der Waals surface area (Å²) in [5.74, 6) is -0.261. The Morgan fingerprint density at radius 1 is 1.50 bits per heavy atom. The van der Waals surface area contributed by atoms with Gasteiger partial charge in [-0.05, 0) is 39.2 Å². The first kappa shape index (κ1) is 12.9. The van der Waals surface area contributed by atoms with E-state index in [1.807, 2.05) is 13.8 Å². The number of carbonyl (C=O) groups excluding carboxylic acids is 1. The minimum atomic E-state index is -0.527. The summed E-state index contributed by atoms with van der Waals surface area (Å²) in [7, 11) is 0. The molecule has 2 nitrogen and oxygen atoms in total. The van der Waals surface area contributed by atoms with Crippen LogP contribution in [0.4, 0.5) is 0 Å². The van der Waals surface area contributed by atoms with Gasteiger partial charge in [0.05, 0.1) is 0 Å². The molecule has 0 aliphatic carbocycles. The van der Waals surface area contributed by atoms with Crippen molar-refractivity contribution in [1.82, 2.24) is 0 Å². The van der Waals surface area contributed by atoms with Gasteiger partial charge in [0, 0.05) is 6.92 Å². The molecule has 0 spiro atoms. The largest absolute Gasteiger partial charge is 0.455 e. The fourth-order valence-corrected chi connectivity index (χ4v) is 1.26. The Hall–Kier alpha value is -1.05. The van der Waals surface area contributed by atoms with E-state index in [9.17, 15) is 4.79 Å². The SMILES string of the molecule is C=C[C@](C)(CCCC(=C)C)OC(C)=O. The molecule has 0 unspecified atom stereocenters. The number of hydrogen-bond donors (Lipinski definition) is 0. The quantitative estimate of drug-likeness (QED) is 0.481. The minimum Gasteiger partial charge on any atom is -0.455 e. The number of carbonyl (C=O) groups is 1. The van der Waals surface area contributed by atoms with Crippen LogP contribution in [-0.4, -0.2) is 11.6 Å². The van der Waals surface area contributed by atoms with Gasteiger partial charge in [-0.3, -0.25) is 4.79 Å². The molecule has 0 aliphatic heterocycles. The molecule has 80 valence electrons. The van der Waals surface area contributed by atoms with E-state index in [-0.39, 0.29) is 5.97 Å². The van der Waals surface area contributed by atoms with E-state index in [0.29, 0.717) is 0 Å². The smallest absolute Gasteiger partial charge is 0.303 e. The standard InChI is InChI=1S/C12H20O2/c1-6-12(5,14-11(4)13)9-7-8-10(2)3/h6H,1-2,7-9H2,3-5H3/t12-/m1/s1. The fourth-order valence-electron chi connectivity index (χ4n) is 1.26. The van der Waals surface area contributed by atoms with Gasteiger partial charge < -0.3 is 4.74 Å². The van der Waals surface area contributed by atoms with Crippen LogP contribution in [-0.2, 0) is 9.53 Å². The third-order valence-corrected chi connectivity index (χ3v) is 2.09. The highest BCUT2D eigenvalue weighted by molar-refractivity contribution is 5.66. The zero-order chi connectivity index (χ0) is 11.2. The second-order valence-electron chi connectivity index (χ2n) is 3.92. The van der Waals surface area contributed by atoms with Crippen molar-refractivity contribution < 1.29 is 9.53 Å². The van der Waals surface area contributed by atoms with Gasteiger partial charge in [-0.2, -0.15) is 0 Å². The van der Waals surface area contributed by atoms with Crippen molar-refractivity contribution in [2.75, 3.05) is 0 Å². The van der Waals surface area contributed by atoms with Gasteiger partial charge in [-0.25, -0.2) is 0 Å². The van der Waals surface area contributed by atoms with Gasteiger partial charge in [0.25, 0.3) is 0 Å². The zero-order valence-electron chi connectivity index (χ0n) is 9.43. The van der Waals surface area contributed by atoms with Gasteiger partial charge in [0.2, 0.25) is 0 Å². The van der Waals surface area contributed by atoms with Crippen LogP contribution in [0.15, 0.2) is 24.8 Å². The van der Waals surface area contributed by atoms with Gasteiger partial charge >= 0.3 is 5.97 Å². The van der Waals surface area contributed by atoms with E-state index in [1.165, 1.54) is 6.92 Å². The van der Waals surface area contributed by atoms with Crippen molar-refractivity contribution in [2.24, 2.45) is 0 Å². The van der Waals surface area contributed by atoms with Crippen LogP contribution in [0.5, 0.6) is 0 Å². The van der Waals surface area contributed by atoms with Crippen molar-refractivity contribution >= 4 is 5.97 Å². The molecule has 0 fully saturated rings. The van der Waals surface area contributed by atoms with Crippen molar-refractivity contribution in [3.05, 3.63) is 24.8 Å². The Kier molecular flexibility index (Phi) is 5.21. The topological polar surface area (TPSA) is 26.3 Å². The predicted octanol–water partition coefficient (Wildman–Crippen LogP) is 3.24. The lowest BCUT2D eigenvalue weighted by Gasteiger charge is -2.25. The minimum absolute atomic E-state index is 0.261. The van der Waals surface area contributed by atoms with Crippen LogP contribution in [0.2, 0.25) is 0 Å². The molecule has 0 aliphatic rings. The van der Waals surface area contributed by atoms with Gasteiger partial charge in [0.15, 0.2) is 0 Å². The molecular weight excluding hydrogens is 176 g/mol. The summed E-state index contributed by atoms with van der Waals surface area (Å²) in [5, 5.41) is 0. The Morgan fingerprint density at radius 2 is 2.07 bits per heavy atom. The van der Waals surface area contributed by atoms with Crippen LogP contribution in [0.1, 0.15) is 40.0 Å². The molecule has 0 amide bonds. The highest BCUT2D eigenvalue weighted by atomic mass is 16.6. The van der Waals surface area contributed by atoms with E-state index in [4.69, 9.17) is 4.74 Å². The maximum Gasteiger partial charge on any atom is 0.303 e. The number of hydrogen-bond acceptors (Lipinski definition) is 2. The first-order valence-electron chi connectivity index (χ1n) is 4.87. The maximum absolute atomic E-state index is 10.8. The molecule has 0 aromatic heterocycles. The summed E-state index contributed by atoms with van der Waals surface area (Å²) < 4.78 is 5.18. The number of esters is 1. The lowest BCUT2D eigenvalue weighted by molar-refractivity contribution is -0.151. The average molecular weight is 196 g/mol. The van der Waals surface area contributed by atoms with Gasteiger partial charge in [-0.15, -0.1) is 6.58 Å². The molecule has 0 rings (SSSR count). The molecule has 0 heterocycles. The molecule has 0 aromatic carbocycles. The highest BCUT2D eigenvalue weighted by Gasteiger charge is 2.22. The second kappa shape index (κ2) is 5.63. The van der Waals surface area contributed by atoms with Crippen molar-refractivity contribution in [1.29, 1.82) is 0 Å². The third kappa shape index (κ3) is 5.57. The molecule has 14 heavy (non-hydrogen) atoms. The van der Waals surface area contributed by atoms with Gasteiger partial charge in [0.1, 0.15) is 5.60 Å². The van der Waals surface area contributed by atoms with Gasteiger partial charge in [-0.1, -0.05) is 12.2 Å². The molecule has 1 atom stereocenters. The summed E-state index contributed by atoms with van der Waals surface area (Å²) in [5.41, 5.74) is 0.626. The second-order valence-corrected chi connectivity index (χ2v) is 3.92. The van der Waals surface area contributed by atoms with Crippen LogP contribution >= 0.6 is 0 Å². The third-order valence-electron chi connectivity index (χ3n) is 2.09. The van der Waals surface area contributed by atoms with Crippen molar-refractivity contribution in [3.63, 3.8) is 0 Å². The van der Waals surface area contributed by atoms with E-state index >= 15 is 0 Å². The highest BCUT2D eigenvalue weighted by Crippen LogP contribution is 2.21. The lowest BCUT2D eigenvalue weighted by Crippen LogP contribution is -2.28. The van der Waals surface area contributed by atoms with Crippen LogP contribution < -0.4 is 0 Å². The Morgan fingerprint density at radius 3 is 2.43 bits per heavy atom. The Balaban J connectivity index is 4.05.